The van der Waals surface area contributed by atoms with Crippen molar-refractivity contribution in [3.05, 3.63) is 23.8 Å². The lowest BCUT2D eigenvalue weighted by molar-refractivity contribution is -0.146. The normalized spacial score (nSPS) is 22.5. The molecule has 1 saturated heterocycles. The third-order valence-electron chi connectivity index (χ3n) is 6.14. The summed E-state index contributed by atoms with van der Waals surface area (Å²) in [6.45, 7) is 2.33. The summed E-state index contributed by atoms with van der Waals surface area (Å²) in [5.74, 6) is 0.0262. The summed E-state index contributed by atoms with van der Waals surface area (Å²) in [6, 6.07) is 4.51. The molecule has 1 aliphatic heterocycles. The van der Waals surface area contributed by atoms with Crippen molar-refractivity contribution in [2.24, 2.45) is 11.8 Å². The van der Waals surface area contributed by atoms with Crippen molar-refractivity contribution in [3.63, 3.8) is 0 Å². The van der Waals surface area contributed by atoms with Gasteiger partial charge in [0.2, 0.25) is 0 Å². The Labute approximate surface area is 184 Å². The molecule has 31 heavy (non-hydrogen) atoms. The molecule has 1 aromatic carbocycles. The van der Waals surface area contributed by atoms with Crippen LogP contribution in [0.25, 0.3) is 0 Å². The van der Waals surface area contributed by atoms with Crippen LogP contribution in [0, 0.1) is 11.8 Å². The number of sulfone groups is 1. The van der Waals surface area contributed by atoms with Crippen molar-refractivity contribution in [2.75, 3.05) is 33.1 Å². The lowest BCUT2D eigenvalue weighted by Gasteiger charge is -2.27. The number of carbonyl (C=O) groups is 2. The van der Waals surface area contributed by atoms with Gasteiger partial charge in [-0.15, -0.1) is 0 Å². The second-order valence-electron chi connectivity index (χ2n) is 8.48. The van der Waals surface area contributed by atoms with Crippen LogP contribution in [0.5, 0.6) is 5.75 Å². The monoisotopic (exact) mass is 452 g/mol. The van der Waals surface area contributed by atoms with Gasteiger partial charge >= 0.3 is 5.97 Å². The maximum Gasteiger partial charge on any atom is 0.308 e. The maximum atomic E-state index is 12.7. The first kappa shape index (κ1) is 23.5. The third-order valence-corrected chi connectivity index (χ3v) is 7.25. The quantitative estimate of drug-likeness (QED) is 0.608. The topological polar surface area (TPSA) is 111 Å². The van der Waals surface area contributed by atoms with Crippen LogP contribution in [0.3, 0.4) is 0 Å². The van der Waals surface area contributed by atoms with E-state index in [0.717, 1.165) is 32.2 Å². The fourth-order valence-corrected chi connectivity index (χ4v) is 5.06. The zero-order valence-corrected chi connectivity index (χ0v) is 19.0. The molecule has 1 aromatic rings. The van der Waals surface area contributed by atoms with Crippen LogP contribution in [-0.4, -0.2) is 59.4 Å². The fourth-order valence-electron chi connectivity index (χ4n) is 4.22. The predicted molar refractivity (Wildman–Crippen MR) is 116 cm³/mol. The van der Waals surface area contributed by atoms with Crippen molar-refractivity contribution in [1.29, 1.82) is 0 Å². The van der Waals surface area contributed by atoms with Gasteiger partial charge in [-0.2, -0.15) is 0 Å². The summed E-state index contributed by atoms with van der Waals surface area (Å²) < 4.78 is 35.3. The number of esters is 1. The van der Waals surface area contributed by atoms with Crippen LogP contribution in [-0.2, 0) is 19.4 Å². The van der Waals surface area contributed by atoms with Gasteiger partial charge in [-0.1, -0.05) is 0 Å². The summed E-state index contributed by atoms with van der Waals surface area (Å²) in [7, 11) is -2.18. The number of benzene rings is 1. The molecular weight excluding hydrogens is 420 g/mol. The number of methoxy groups -OCH3 is 1. The van der Waals surface area contributed by atoms with Crippen LogP contribution < -0.4 is 15.4 Å². The number of amides is 1. The van der Waals surface area contributed by atoms with Crippen LogP contribution in [0.4, 0.5) is 0 Å². The number of nitrogens with one attached hydrogen (secondary N) is 2. The SMILES string of the molecule is COC(=O)C1CCC(NC(=O)c2ccc(OCC3CCNCC3)c(S(C)(=O)=O)c2)CC1. The molecule has 172 valence electrons. The number of hydrogen-bond donors (Lipinski definition) is 2. The van der Waals surface area contributed by atoms with E-state index in [-0.39, 0.29) is 40.0 Å². The molecule has 2 fully saturated rings. The Bertz CT molecular complexity index is 887. The van der Waals surface area contributed by atoms with Crippen LogP contribution in [0.15, 0.2) is 23.1 Å². The Balaban J connectivity index is 1.64. The van der Waals surface area contributed by atoms with E-state index in [9.17, 15) is 18.0 Å². The minimum Gasteiger partial charge on any atom is -0.492 e. The number of carbonyl (C=O) groups excluding carboxylic acids is 2. The third kappa shape index (κ3) is 6.43. The molecule has 0 radical (unpaired) electrons. The largest absolute Gasteiger partial charge is 0.492 e. The zero-order chi connectivity index (χ0) is 22.4. The van der Waals surface area contributed by atoms with Gasteiger partial charge < -0.3 is 20.1 Å². The first-order valence-corrected chi connectivity index (χ1v) is 12.7. The molecule has 0 atom stereocenters. The summed E-state index contributed by atoms with van der Waals surface area (Å²) in [4.78, 5) is 24.4. The van der Waals surface area contributed by atoms with Gasteiger partial charge in [0.15, 0.2) is 9.84 Å². The number of piperidine rings is 1. The molecule has 9 heteroatoms. The number of ether oxygens (including phenoxy) is 2. The highest BCUT2D eigenvalue weighted by Gasteiger charge is 2.28. The van der Waals surface area contributed by atoms with E-state index in [4.69, 9.17) is 9.47 Å². The second-order valence-corrected chi connectivity index (χ2v) is 10.5. The Morgan fingerprint density at radius 3 is 2.39 bits per heavy atom. The maximum absolute atomic E-state index is 12.7. The molecule has 8 nitrogen and oxygen atoms in total. The van der Waals surface area contributed by atoms with Crippen molar-refractivity contribution in [1.82, 2.24) is 10.6 Å². The summed E-state index contributed by atoms with van der Waals surface area (Å²) in [5, 5.41) is 6.25. The van der Waals surface area contributed by atoms with E-state index in [2.05, 4.69) is 10.6 Å². The molecule has 2 aliphatic rings. The van der Waals surface area contributed by atoms with Gasteiger partial charge in [-0.05, 0) is 75.7 Å². The molecule has 1 amide bonds. The highest BCUT2D eigenvalue weighted by molar-refractivity contribution is 7.90. The molecule has 0 unspecified atom stereocenters. The van der Waals surface area contributed by atoms with Crippen molar-refractivity contribution >= 4 is 21.7 Å². The van der Waals surface area contributed by atoms with Crippen molar-refractivity contribution in [2.45, 2.75) is 49.5 Å². The molecule has 3 rings (SSSR count). The number of rotatable bonds is 7. The van der Waals surface area contributed by atoms with Gasteiger partial charge in [0.1, 0.15) is 10.6 Å². The van der Waals surface area contributed by atoms with Gasteiger partial charge in [0.25, 0.3) is 5.91 Å². The van der Waals surface area contributed by atoms with Crippen molar-refractivity contribution in [3.8, 4) is 5.75 Å². The molecule has 0 spiro atoms. The molecular formula is C22H32N2O6S. The van der Waals surface area contributed by atoms with Crippen LogP contribution in [0.1, 0.15) is 48.9 Å². The average Bonchev–Trinajstić information content (AvgIpc) is 2.77. The zero-order valence-electron chi connectivity index (χ0n) is 18.2. The molecule has 0 bridgehead atoms. The minimum absolute atomic E-state index is 0.0310. The average molecular weight is 453 g/mol. The second kappa shape index (κ2) is 10.5. The van der Waals surface area contributed by atoms with E-state index in [1.54, 1.807) is 12.1 Å². The summed E-state index contributed by atoms with van der Waals surface area (Å²) in [5.41, 5.74) is 0.282. The number of hydrogen-bond acceptors (Lipinski definition) is 7. The highest BCUT2D eigenvalue weighted by atomic mass is 32.2. The van der Waals surface area contributed by atoms with E-state index < -0.39 is 9.84 Å². The van der Waals surface area contributed by atoms with Crippen molar-refractivity contribution < 1.29 is 27.5 Å². The first-order valence-electron chi connectivity index (χ1n) is 10.8. The summed E-state index contributed by atoms with van der Waals surface area (Å²) in [6.07, 6.45) is 5.80. The minimum atomic E-state index is -3.56. The Morgan fingerprint density at radius 1 is 1.10 bits per heavy atom. The molecule has 2 N–H and O–H groups in total. The molecule has 0 aromatic heterocycles. The molecule has 1 saturated carbocycles. The van der Waals surface area contributed by atoms with Gasteiger partial charge in [-0.3, -0.25) is 9.59 Å². The van der Waals surface area contributed by atoms with Gasteiger partial charge in [0.05, 0.1) is 19.6 Å². The molecule has 1 heterocycles. The lowest BCUT2D eigenvalue weighted by Crippen LogP contribution is -2.39. The van der Waals surface area contributed by atoms with Gasteiger partial charge in [0, 0.05) is 17.9 Å². The van der Waals surface area contributed by atoms with E-state index in [1.165, 1.54) is 13.2 Å². The Morgan fingerprint density at radius 2 is 1.77 bits per heavy atom. The summed E-state index contributed by atoms with van der Waals surface area (Å²) >= 11 is 0. The Kier molecular flexibility index (Phi) is 7.94. The standard InChI is InChI=1S/C22H32N2O6S/c1-29-22(26)16-3-6-18(7-4-16)24-21(25)17-5-8-19(20(13-17)31(2,27)28)30-14-15-9-11-23-12-10-15/h5,8,13,15-16,18,23H,3-4,6-7,9-12,14H2,1-2H3,(H,24,25). The van der Waals surface area contributed by atoms with Gasteiger partial charge in [-0.25, -0.2) is 8.42 Å². The molecule has 1 aliphatic carbocycles. The first-order chi connectivity index (χ1) is 14.8. The fraction of sp³-hybridized carbons (Fsp3) is 0.636. The predicted octanol–water partition coefficient (Wildman–Crippen LogP) is 1.93. The highest BCUT2D eigenvalue weighted by Crippen LogP contribution is 2.28. The lowest BCUT2D eigenvalue weighted by atomic mass is 9.86. The Hall–Kier alpha value is -2.13. The smallest absolute Gasteiger partial charge is 0.308 e. The van der Waals surface area contributed by atoms with Crippen LogP contribution in [0.2, 0.25) is 0 Å². The van der Waals surface area contributed by atoms with Crippen LogP contribution >= 0.6 is 0 Å². The van der Waals surface area contributed by atoms with E-state index >= 15 is 0 Å². The van der Waals surface area contributed by atoms with E-state index in [0.29, 0.717) is 38.2 Å². The van der Waals surface area contributed by atoms with E-state index in [1.807, 2.05) is 0 Å².